The molecule has 0 rings (SSSR count). The van der Waals surface area contributed by atoms with E-state index in [-0.39, 0.29) is 0 Å². The second-order valence-corrected chi connectivity index (χ2v) is 5.11. The number of rotatable bonds is 7. The fourth-order valence-electron chi connectivity index (χ4n) is 1.02. The maximum Gasteiger partial charge on any atom is 0.328 e. The average molecular weight is 245 g/mol. The van der Waals surface area contributed by atoms with Gasteiger partial charge in [-0.15, -0.1) is 0 Å². The van der Waals surface area contributed by atoms with Crippen LogP contribution in [0.15, 0.2) is 0 Å². The van der Waals surface area contributed by atoms with Crippen molar-refractivity contribution in [2.45, 2.75) is 52.7 Å². The predicted octanol–water partition coefficient (Wildman–Crippen LogP) is 1.42. The minimum Gasteiger partial charge on any atom is -0.480 e. The summed E-state index contributed by atoms with van der Waals surface area (Å²) in [7, 11) is 0. The molecule has 0 aromatic heterocycles. The quantitative estimate of drug-likeness (QED) is 0.711. The van der Waals surface area contributed by atoms with Crippen molar-refractivity contribution in [3.63, 3.8) is 0 Å². The van der Waals surface area contributed by atoms with Crippen LogP contribution in [0.4, 0.5) is 0 Å². The Morgan fingerprint density at radius 1 is 1.29 bits per heavy atom. The van der Waals surface area contributed by atoms with E-state index < -0.39 is 23.5 Å². The molecule has 0 radical (unpaired) electrons. The molecule has 17 heavy (non-hydrogen) atoms. The molecule has 0 fully saturated rings. The molecule has 0 aliphatic rings. The fourth-order valence-corrected chi connectivity index (χ4v) is 1.02. The first-order valence-electron chi connectivity index (χ1n) is 5.84. The summed E-state index contributed by atoms with van der Waals surface area (Å²) in [6.07, 6.45) is 0.243. The van der Waals surface area contributed by atoms with E-state index in [1.807, 2.05) is 0 Å². The maximum absolute atomic E-state index is 11.6. The molecule has 5 nitrogen and oxygen atoms in total. The molecule has 100 valence electrons. The first kappa shape index (κ1) is 15.9. The van der Waals surface area contributed by atoms with Gasteiger partial charge in [0.1, 0.15) is 11.6 Å². The van der Waals surface area contributed by atoms with Crippen molar-refractivity contribution in [1.29, 1.82) is 0 Å². The first-order valence-corrected chi connectivity index (χ1v) is 5.84. The molecule has 0 heterocycles. The second kappa shape index (κ2) is 6.59. The van der Waals surface area contributed by atoms with Gasteiger partial charge in [-0.1, -0.05) is 13.8 Å². The Balaban J connectivity index is 4.10. The molecule has 1 amide bonds. The van der Waals surface area contributed by atoms with Gasteiger partial charge in [-0.3, -0.25) is 4.79 Å². The molecule has 0 aromatic carbocycles. The predicted molar refractivity (Wildman–Crippen MR) is 64.7 cm³/mol. The van der Waals surface area contributed by atoms with Crippen LogP contribution in [0.3, 0.4) is 0 Å². The molecular formula is C12H23NO4. The van der Waals surface area contributed by atoms with Gasteiger partial charge in [0, 0.05) is 6.61 Å². The summed E-state index contributed by atoms with van der Waals surface area (Å²) in [6, 6.07) is 0. The third kappa shape index (κ3) is 6.26. The highest BCUT2D eigenvalue weighted by atomic mass is 16.5. The third-order valence-corrected chi connectivity index (χ3v) is 2.40. The molecule has 0 saturated carbocycles. The van der Waals surface area contributed by atoms with Crippen LogP contribution >= 0.6 is 0 Å². The van der Waals surface area contributed by atoms with Crippen LogP contribution in [0.2, 0.25) is 0 Å². The van der Waals surface area contributed by atoms with Crippen molar-refractivity contribution in [1.82, 2.24) is 5.32 Å². The molecule has 0 saturated heterocycles. The number of carbonyl (C=O) groups excluding carboxylic acids is 1. The van der Waals surface area contributed by atoms with Gasteiger partial charge in [-0.25, -0.2) is 4.79 Å². The number of aliphatic carboxylic acids is 1. The van der Waals surface area contributed by atoms with Crippen molar-refractivity contribution < 1.29 is 19.4 Å². The lowest BCUT2D eigenvalue weighted by Gasteiger charge is -2.23. The monoisotopic (exact) mass is 245 g/mol. The van der Waals surface area contributed by atoms with E-state index in [2.05, 4.69) is 19.2 Å². The van der Waals surface area contributed by atoms with Crippen molar-refractivity contribution >= 4 is 11.9 Å². The highest BCUT2D eigenvalue weighted by Crippen LogP contribution is 2.05. The summed E-state index contributed by atoms with van der Waals surface area (Å²) in [5.41, 5.74) is -1.27. The minimum atomic E-state index is -1.27. The van der Waals surface area contributed by atoms with E-state index in [4.69, 9.17) is 9.84 Å². The Morgan fingerprint density at radius 2 is 1.82 bits per heavy atom. The lowest BCUT2D eigenvalue weighted by atomic mass is 10.1. The Morgan fingerprint density at radius 3 is 2.24 bits per heavy atom. The van der Waals surface area contributed by atoms with Crippen LogP contribution < -0.4 is 5.32 Å². The van der Waals surface area contributed by atoms with Gasteiger partial charge in [-0.2, -0.15) is 0 Å². The molecule has 0 spiro atoms. The molecule has 0 aromatic rings. The zero-order valence-electron chi connectivity index (χ0n) is 11.2. The maximum atomic E-state index is 11.6. The summed E-state index contributed by atoms with van der Waals surface area (Å²) in [6.45, 7) is 9.14. The van der Waals surface area contributed by atoms with Gasteiger partial charge >= 0.3 is 5.97 Å². The van der Waals surface area contributed by atoms with Crippen LogP contribution in [0.1, 0.15) is 41.0 Å². The topological polar surface area (TPSA) is 75.6 Å². The van der Waals surface area contributed by atoms with Gasteiger partial charge in [0.05, 0.1) is 0 Å². The Bertz CT molecular complexity index is 274. The first-order chi connectivity index (χ1) is 7.66. The highest BCUT2D eigenvalue weighted by Gasteiger charge is 2.30. The molecule has 0 aliphatic carbocycles. The van der Waals surface area contributed by atoms with Crippen LogP contribution in [-0.2, 0) is 14.3 Å². The number of hydrogen-bond acceptors (Lipinski definition) is 3. The Hall–Kier alpha value is -1.10. The summed E-state index contributed by atoms with van der Waals surface area (Å²) >= 11 is 0. The smallest absolute Gasteiger partial charge is 0.328 e. The number of carboxylic acid groups (broad SMARTS) is 1. The van der Waals surface area contributed by atoms with Crippen LogP contribution in [0, 0.1) is 5.92 Å². The third-order valence-electron chi connectivity index (χ3n) is 2.40. The van der Waals surface area contributed by atoms with E-state index in [9.17, 15) is 9.59 Å². The average Bonchev–Trinajstić information content (AvgIpc) is 2.15. The normalized spacial score (nSPS) is 13.5. The summed E-state index contributed by atoms with van der Waals surface area (Å²) in [4.78, 5) is 22.5. The van der Waals surface area contributed by atoms with Crippen molar-refractivity contribution in [2.24, 2.45) is 5.92 Å². The van der Waals surface area contributed by atoms with Gasteiger partial charge in [0.2, 0.25) is 5.91 Å². The van der Waals surface area contributed by atoms with E-state index in [0.29, 0.717) is 12.5 Å². The van der Waals surface area contributed by atoms with Crippen LogP contribution in [0.5, 0.6) is 0 Å². The lowest BCUT2D eigenvalue weighted by molar-refractivity contribution is -0.148. The summed E-state index contributed by atoms with van der Waals surface area (Å²) in [5.74, 6) is -0.956. The Kier molecular flexibility index (Phi) is 6.16. The van der Waals surface area contributed by atoms with Gasteiger partial charge in [-0.05, 0) is 33.1 Å². The number of ether oxygens (including phenoxy) is 1. The number of hydrogen-bond donors (Lipinski definition) is 2. The standard InChI is InChI=1S/C12H23NO4/c1-8(2)6-7-17-9(3)10(14)13-12(4,5)11(15)16/h8-9H,6-7H2,1-5H3,(H,13,14)(H,15,16). The minimum absolute atomic E-state index is 0.402. The summed E-state index contributed by atoms with van der Waals surface area (Å²) < 4.78 is 5.34. The number of amides is 1. The van der Waals surface area contributed by atoms with E-state index in [1.165, 1.54) is 13.8 Å². The molecule has 5 heteroatoms. The fraction of sp³-hybridized carbons (Fsp3) is 0.833. The number of carbonyl (C=O) groups is 2. The SMILES string of the molecule is CC(C)CCOC(C)C(=O)NC(C)(C)C(=O)O. The van der Waals surface area contributed by atoms with Gasteiger partial charge < -0.3 is 15.2 Å². The van der Waals surface area contributed by atoms with Crippen molar-refractivity contribution in [3.05, 3.63) is 0 Å². The van der Waals surface area contributed by atoms with Crippen molar-refractivity contribution in [3.8, 4) is 0 Å². The molecule has 0 aliphatic heterocycles. The van der Waals surface area contributed by atoms with Gasteiger partial charge in [0.15, 0.2) is 0 Å². The second-order valence-electron chi connectivity index (χ2n) is 5.11. The zero-order chi connectivity index (χ0) is 13.6. The number of carboxylic acids is 1. The molecule has 1 unspecified atom stereocenters. The van der Waals surface area contributed by atoms with Crippen LogP contribution in [-0.4, -0.2) is 35.2 Å². The Labute approximate surface area is 103 Å². The van der Waals surface area contributed by atoms with E-state index >= 15 is 0 Å². The van der Waals surface area contributed by atoms with E-state index in [1.54, 1.807) is 6.92 Å². The van der Waals surface area contributed by atoms with Crippen molar-refractivity contribution in [2.75, 3.05) is 6.61 Å². The largest absolute Gasteiger partial charge is 0.480 e. The van der Waals surface area contributed by atoms with E-state index in [0.717, 1.165) is 6.42 Å². The number of nitrogens with one attached hydrogen (secondary N) is 1. The highest BCUT2D eigenvalue weighted by molar-refractivity contribution is 5.88. The zero-order valence-corrected chi connectivity index (χ0v) is 11.2. The summed E-state index contributed by atoms with van der Waals surface area (Å²) in [5, 5.41) is 11.3. The van der Waals surface area contributed by atoms with Crippen LogP contribution in [0.25, 0.3) is 0 Å². The molecule has 2 N–H and O–H groups in total. The molecule has 1 atom stereocenters. The van der Waals surface area contributed by atoms with Gasteiger partial charge in [0.25, 0.3) is 0 Å². The molecular weight excluding hydrogens is 222 g/mol. The lowest BCUT2D eigenvalue weighted by Crippen LogP contribution is -2.52. The molecule has 0 bridgehead atoms.